The van der Waals surface area contributed by atoms with Gasteiger partial charge in [0, 0.05) is 12.1 Å². The number of nitrogens with zero attached hydrogens (tertiary/aromatic N) is 1. The van der Waals surface area contributed by atoms with E-state index in [9.17, 15) is 0 Å². The molecule has 0 unspecified atom stereocenters. The predicted octanol–water partition coefficient (Wildman–Crippen LogP) is 1.92. The third-order valence-electron chi connectivity index (χ3n) is 1.82. The summed E-state index contributed by atoms with van der Waals surface area (Å²) in [4.78, 5) is 2.32. The van der Waals surface area contributed by atoms with Crippen molar-refractivity contribution in [3.05, 3.63) is 24.2 Å². The summed E-state index contributed by atoms with van der Waals surface area (Å²) in [7, 11) is 0. The fourth-order valence-electron chi connectivity index (χ4n) is 1.03. The summed E-state index contributed by atoms with van der Waals surface area (Å²) in [5, 5.41) is 0. The van der Waals surface area contributed by atoms with Crippen LogP contribution >= 0.6 is 0 Å². The SMILES string of the molecule is CCN(CC)Cc1[c]occ1. The van der Waals surface area contributed by atoms with Crippen molar-refractivity contribution >= 4 is 0 Å². The molecule has 2 heteroatoms. The highest BCUT2D eigenvalue weighted by atomic mass is 16.3. The smallest absolute Gasteiger partial charge is 0.173 e. The zero-order valence-electron chi connectivity index (χ0n) is 7.13. The highest BCUT2D eigenvalue weighted by molar-refractivity contribution is 5.03. The molecule has 11 heavy (non-hydrogen) atoms. The van der Waals surface area contributed by atoms with E-state index in [0.29, 0.717) is 0 Å². The van der Waals surface area contributed by atoms with Crippen LogP contribution in [-0.2, 0) is 6.54 Å². The van der Waals surface area contributed by atoms with E-state index >= 15 is 0 Å². The second-order valence-electron chi connectivity index (χ2n) is 2.51. The quantitative estimate of drug-likeness (QED) is 0.655. The van der Waals surface area contributed by atoms with Gasteiger partial charge in [-0.2, -0.15) is 0 Å². The van der Waals surface area contributed by atoms with Crippen LogP contribution in [0.4, 0.5) is 0 Å². The molecule has 2 nitrogen and oxygen atoms in total. The largest absolute Gasteiger partial charge is 0.461 e. The molecule has 0 N–H and O–H groups in total. The van der Waals surface area contributed by atoms with Gasteiger partial charge in [0.15, 0.2) is 6.26 Å². The molecular weight excluding hydrogens is 138 g/mol. The summed E-state index contributed by atoms with van der Waals surface area (Å²) in [6.45, 7) is 7.42. The minimum atomic E-state index is 0.948. The molecule has 0 aromatic carbocycles. The molecule has 1 aromatic rings. The fraction of sp³-hybridized carbons (Fsp3) is 0.556. The molecule has 1 heterocycles. The zero-order chi connectivity index (χ0) is 8.10. The van der Waals surface area contributed by atoms with E-state index < -0.39 is 0 Å². The van der Waals surface area contributed by atoms with E-state index in [1.54, 1.807) is 6.26 Å². The lowest BCUT2D eigenvalue weighted by Crippen LogP contribution is -2.21. The third kappa shape index (κ3) is 2.39. The van der Waals surface area contributed by atoms with Gasteiger partial charge in [-0.25, -0.2) is 0 Å². The summed E-state index contributed by atoms with van der Waals surface area (Å²) in [5.74, 6) is 0. The van der Waals surface area contributed by atoms with Crippen LogP contribution in [0.15, 0.2) is 16.7 Å². The molecule has 1 rings (SSSR count). The van der Waals surface area contributed by atoms with Gasteiger partial charge in [-0.15, -0.1) is 0 Å². The summed E-state index contributed by atoms with van der Waals surface area (Å²) >= 11 is 0. The molecule has 1 radical (unpaired) electrons. The Morgan fingerprint density at radius 2 is 2.18 bits per heavy atom. The molecule has 61 valence electrons. The zero-order valence-corrected chi connectivity index (χ0v) is 7.13. The van der Waals surface area contributed by atoms with Crippen LogP contribution < -0.4 is 0 Å². The minimum Gasteiger partial charge on any atom is -0.461 e. The molecule has 0 aliphatic carbocycles. The van der Waals surface area contributed by atoms with Gasteiger partial charge in [-0.3, -0.25) is 4.90 Å². The highest BCUT2D eigenvalue weighted by Gasteiger charge is 2.01. The van der Waals surface area contributed by atoms with Gasteiger partial charge < -0.3 is 4.42 Å². The van der Waals surface area contributed by atoms with Crippen molar-refractivity contribution < 1.29 is 4.42 Å². The first-order valence-electron chi connectivity index (χ1n) is 4.03. The van der Waals surface area contributed by atoms with Crippen LogP contribution in [-0.4, -0.2) is 18.0 Å². The Labute approximate surface area is 67.8 Å². The second kappa shape index (κ2) is 4.19. The average Bonchev–Trinajstić information content (AvgIpc) is 2.52. The number of hydrogen-bond acceptors (Lipinski definition) is 2. The van der Waals surface area contributed by atoms with Crippen molar-refractivity contribution in [2.75, 3.05) is 13.1 Å². The van der Waals surface area contributed by atoms with Crippen LogP contribution in [0.2, 0.25) is 0 Å². The number of rotatable bonds is 4. The summed E-state index contributed by atoms with van der Waals surface area (Å²) in [5.41, 5.74) is 1.13. The van der Waals surface area contributed by atoms with Crippen LogP contribution in [0.1, 0.15) is 19.4 Å². The van der Waals surface area contributed by atoms with Crippen LogP contribution in [0.3, 0.4) is 0 Å². The van der Waals surface area contributed by atoms with Crippen molar-refractivity contribution in [2.45, 2.75) is 20.4 Å². The van der Waals surface area contributed by atoms with Crippen LogP contribution in [0, 0.1) is 6.26 Å². The molecule has 0 aliphatic rings. The summed E-state index contributed by atoms with van der Waals surface area (Å²) < 4.78 is 4.85. The topological polar surface area (TPSA) is 16.4 Å². The van der Waals surface area contributed by atoms with Gasteiger partial charge in [0.05, 0.1) is 6.26 Å². The van der Waals surface area contributed by atoms with E-state index in [-0.39, 0.29) is 0 Å². The van der Waals surface area contributed by atoms with Crippen molar-refractivity contribution in [3.63, 3.8) is 0 Å². The summed E-state index contributed by atoms with van der Waals surface area (Å²) in [6.07, 6.45) is 4.49. The van der Waals surface area contributed by atoms with E-state index in [0.717, 1.165) is 25.2 Å². The molecular formula is C9H14NO. The lowest BCUT2D eigenvalue weighted by atomic mass is 10.3. The molecule has 1 aromatic heterocycles. The maximum atomic E-state index is 4.85. The van der Waals surface area contributed by atoms with Gasteiger partial charge in [0.1, 0.15) is 0 Å². The standard InChI is InChI=1S/C9H14NO/c1-3-10(4-2)7-9-5-6-11-8-9/h5-6H,3-4,7H2,1-2H3. The highest BCUT2D eigenvalue weighted by Crippen LogP contribution is 2.03. The molecule has 0 atom stereocenters. The lowest BCUT2D eigenvalue weighted by molar-refractivity contribution is 0.294. The van der Waals surface area contributed by atoms with Crippen molar-refractivity contribution in [1.29, 1.82) is 0 Å². The minimum absolute atomic E-state index is 0.948. The van der Waals surface area contributed by atoms with Crippen LogP contribution in [0.25, 0.3) is 0 Å². The van der Waals surface area contributed by atoms with E-state index in [2.05, 4.69) is 25.0 Å². The third-order valence-corrected chi connectivity index (χ3v) is 1.82. The molecule has 0 spiro atoms. The lowest BCUT2D eigenvalue weighted by Gasteiger charge is -2.15. The first-order valence-corrected chi connectivity index (χ1v) is 4.03. The van der Waals surface area contributed by atoms with E-state index in [1.165, 1.54) is 0 Å². The molecule has 0 saturated heterocycles. The second-order valence-corrected chi connectivity index (χ2v) is 2.51. The average molecular weight is 152 g/mol. The summed E-state index contributed by atoms with van der Waals surface area (Å²) in [6, 6.07) is 1.96. The maximum absolute atomic E-state index is 4.85. The van der Waals surface area contributed by atoms with Gasteiger partial charge in [-0.05, 0) is 19.2 Å². The van der Waals surface area contributed by atoms with Crippen LogP contribution in [0.5, 0.6) is 0 Å². The van der Waals surface area contributed by atoms with Gasteiger partial charge in [0.25, 0.3) is 0 Å². The molecule has 0 fully saturated rings. The predicted molar refractivity (Wildman–Crippen MR) is 44.2 cm³/mol. The van der Waals surface area contributed by atoms with Gasteiger partial charge in [-0.1, -0.05) is 13.8 Å². The number of hydrogen-bond donors (Lipinski definition) is 0. The Kier molecular flexibility index (Phi) is 3.17. The maximum Gasteiger partial charge on any atom is 0.173 e. The Morgan fingerprint density at radius 1 is 1.45 bits per heavy atom. The van der Waals surface area contributed by atoms with E-state index in [4.69, 9.17) is 4.42 Å². The van der Waals surface area contributed by atoms with Gasteiger partial charge >= 0.3 is 0 Å². The molecule has 0 aliphatic heterocycles. The van der Waals surface area contributed by atoms with Gasteiger partial charge in [0.2, 0.25) is 0 Å². The van der Waals surface area contributed by atoms with Crippen molar-refractivity contribution in [3.8, 4) is 0 Å². The monoisotopic (exact) mass is 152 g/mol. The molecule has 0 amide bonds. The number of furan rings is 1. The fourth-order valence-corrected chi connectivity index (χ4v) is 1.03. The van der Waals surface area contributed by atoms with E-state index in [1.807, 2.05) is 6.07 Å². The first-order chi connectivity index (χ1) is 5.36. The Hall–Kier alpha value is -0.760. The first kappa shape index (κ1) is 8.34. The molecule has 0 saturated carbocycles. The Morgan fingerprint density at radius 3 is 2.64 bits per heavy atom. The Bertz CT molecular complexity index is 177. The Balaban J connectivity index is 2.41. The van der Waals surface area contributed by atoms with Crippen molar-refractivity contribution in [2.24, 2.45) is 0 Å². The normalized spacial score (nSPS) is 10.8. The van der Waals surface area contributed by atoms with Crippen molar-refractivity contribution in [1.82, 2.24) is 4.90 Å². The molecule has 0 bridgehead atoms.